The third-order valence-electron chi connectivity index (χ3n) is 5.58. The van der Waals surface area contributed by atoms with Gasteiger partial charge >= 0.3 is 11.9 Å². The fourth-order valence-electron chi connectivity index (χ4n) is 4.05. The lowest BCUT2D eigenvalue weighted by Crippen LogP contribution is -2.41. The Labute approximate surface area is 180 Å². The van der Waals surface area contributed by atoms with Crippen molar-refractivity contribution in [3.05, 3.63) is 46.8 Å². The number of aromatic nitrogens is 2. The molecule has 1 fully saturated rings. The lowest BCUT2D eigenvalue weighted by molar-refractivity contribution is 0.0592. The van der Waals surface area contributed by atoms with Gasteiger partial charge in [0, 0.05) is 31.4 Å². The number of carboxylic acids is 1. The topological polar surface area (TPSA) is 111 Å². The van der Waals surface area contributed by atoms with Gasteiger partial charge in [-0.1, -0.05) is 19.3 Å². The van der Waals surface area contributed by atoms with Crippen LogP contribution in [0.1, 0.15) is 68.9 Å². The van der Waals surface area contributed by atoms with Crippen LogP contribution in [-0.4, -0.2) is 57.9 Å². The van der Waals surface area contributed by atoms with Gasteiger partial charge in [0.2, 0.25) is 0 Å². The average Bonchev–Trinajstić information content (AvgIpc) is 3.19. The molecule has 0 saturated heterocycles. The Kier molecular flexibility index (Phi) is 6.94. The Balaban J connectivity index is 2.02. The van der Waals surface area contributed by atoms with Gasteiger partial charge < -0.3 is 19.5 Å². The van der Waals surface area contributed by atoms with Gasteiger partial charge in [-0.2, -0.15) is 5.10 Å². The van der Waals surface area contributed by atoms with Crippen LogP contribution in [0.15, 0.2) is 24.4 Å². The molecule has 1 saturated carbocycles. The number of hydrogen-bond donors (Lipinski definition) is 1. The van der Waals surface area contributed by atoms with Crippen LogP contribution in [0.2, 0.25) is 0 Å². The predicted octanol–water partition coefficient (Wildman–Crippen LogP) is 2.89. The number of hydrogen-bond acceptors (Lipinski definition) is 6. The number of benzene rings is 1. The lowest BCUT2D eigenvalue weighted by atomic mass is 9.93. The minimum absolute atomic E-state index is 0.0451. The number of carboxylic acid groups (broad SMARTS) is 1. The van der Waals surface area contributed by atoms with Crippen LogP contribution in [0.25, 0.3) is 0 Å². The molecule has 1 aromatic carbocycles. The van der Waals surface area contributed by atoms with E-state index in [1.54, 1.807) is 30.1 Å². The van der Waals surface area contributed by atoms with Gasteiger partial charge in [-0.25, -0.2) is 9.59 Å². The van der Waals surface area contributed by atoms with E-state index in [-0.39, 0.29) is 23.8 Å². The van der Waals surface area contributed by atoms with E-state index in [0.29, 0.717) is 16.9 Å². The van der Waals surface area contributed by atoms with E-state index < -0.39 is 17.8 Å². The number of methoxy groups -OCH3 is 2. The Morgan fingerprint density at radius 3 is 2.52 bits per heavy atom. The first kappa shape index (κ1) is 22.3. The molecule has 1 aliphatic carbocycles. The van der Waals surface area contributed by atoms with Crippen LogP contribution in [0, 0.1) is 0 Å². The molecule has 31 heavy (non-hydrogen) atoms. The second kappa shape index (κ2) is 9.63. The average molecular weight is 429 g/mol. The molecule has 1 N–H and O–H groups in total. The maximum absolute atomic E-state index is 13.5. The molecule has 9 nitrogen and oxygen atoms in total. The number of ether oxygens (including phenoxy) is 2. The Morgan fingerprint density at radius 2 is 1.90 bits per heavy atom. The van der Waals surface area contributed by atoms with Crippen molar-refractivity contribution in [2.45, 2.75) is 44.7 Å². The molecule has 9 heteroatoms. The van der Waals surface area contributed by atoms with Gasteiger partial charge in [0.15, 0.2) is 5.69 Å². The van der Waals surface area contributed by atoms with E-state index in [0.717, 1.165) is 32.1 Å². The van der Waals surface area contributed by atoms with Crippen molar-refractivity contribution in [1.29, 1.82) is 0 Å². The highest BCUT2D eigenvalue weighted by molar-refractivity contribution is 6.03. The van der Waals surface area contributed by atoms with E-state index in [2.05, 4.69) is 5.10 Å². The number of aryl methyl sites for hydroxylation is 1. The maximum Gasteiger partial charge on any atom is 0.357 e. The number of rotatable bonds is 7. The van der Waals surface area contributed by atoms with Crippen molar-refractivity contribution in [3.8, 4) is 5.75 Å². The zero-order chi connectivity index (χ0) is 22.5. The van der Waals surface area contributed by atoms with Gasteiger partial charge in [-0.3, -0.25) is 9.48 Å². The second-order valence-corrected chi connectivity index (χ2v) is 7.61. The molecule has 166 valence electrons. The molecule has 1 aliphatic rings. The van der Waals surface area contributed by atoms with Crippen molar-refractivity contribution in [1.82, 2.24) is 14.7 Å². The van der Waals surface area contributed by atoms with Crippen LogP contribution in [0.3, 0.4) is 0 Å². The molecular weight excluding hydrogens is 402 g/mol. The number of nitrogens with zero attached hydrogens (tertiary/aromatic N) is 3. The maximum atomic E-state index is 13.5. The number of carbonyl (C=O) groups excluding carboxylic acids is 2. The fraction of sp³-hybridized carbons (Fsp3) is 0.455. The summed E-state index contributed by atoms with van der Waals surface area (Å²) in [4.78, 5) is 38.9. The highest BCUT2D eigenvalue weighted by atomic mass is 16.5. The van der Waals surface area contributed by atoms with E-state index in [4.69, 9.17) is 9.47 Å². The summed E-state index contributed by atoms with van der Waals surface area (Å²) in [5.41, 5.74) is 0.763. The minimum Gasteiger partial charge on any atom is -0.496 e. The molecule has 0 aliphatic heterocycles. The fourth-order valence-corrected chi connectivity index (χ4v) is 4.05. The number of esters is 1. The summed E-state index contributed by atoms with van der Waals surface area (Å²) in [7, 11) is 4.41. The first-order valence-corrected chi connectivity index (χ1v) is 10.2. The van der Waals surface area contributed by atoms with Crippen LogP contribution < -0.4 is 4.74 Å². The summed E-state index contributed by atoms with van der Waals surface area (Å²) in [6, 6.07) is 4.87. The van der Waals surface area contributed by atoms with Gasteiger partial charge in [0.05, 0.1) is 25.3 Å². The van der Waals surface area contributed by atoms with E-state index >= 15 is 0 Å². The molecule has 0 spiro atoms. The summed E-state index contributed by atoms with van der Waals surface area (Å²) >= 11 is 0. The smallest absolute Gasteiger partial charge is 0.357 e. The SMILES string of the molecule is COC(=O)c1ccc(OC)c(CN(C(=O)c2cn(C)nc2C(=O)O)C2CCCCC2)c1. The second-order valence-electron chi connectivity index (χ2n) is 7.61. The van der Waals surface area contributed by atoms with Crippen molar-refractivity contribution >= 4 is 17.8 Å². The molecule has 0 atom stereocenters. The highest BCUT2D eigenvalue weighted by Gasteiger charge is 2.31. The van der Waals surface area contributed by atoms with Crippen LogP contribution in [0.5, 0.6) is 5.75 Å². The molecule has 2 aromatic rings. The summed E-state index contributed by atoms with van der Waals surface area (Å²) < 4.78 is 11.6. The molecular formula is C22H27N3O6. The third kappa shape index (κ3) is 4.87. The van der Waals surface area contributed by atoms with Gasteiger partial charge in [0.1, 0.15) is 5.75 Å². The quantitative estimate of drug-likeness (QED) is 0.674. The zero-order valence-corrected chi connectivity index (χ0v) is 18.0. The zero-order valence-electron chi connectivity index (χ0n) is 18.0. The van der Waals surface area contributed by atoms with Crippen molar-refractivity contribution < 1.29 is 29.0 Å². The highest BCUT2D eigenvalue weighted by Crippen LogP contribution is 2.29. The first-order chi connectivity index (χ1) is 14.8. The Hall–Kier alpha value is -3.36. The summed E-state index contributed by atoms with van der Waals surface area (Å²) in [6.07, 6.45) is 6.18. The Morgan fingerprint density at radius 1 is 1.19 bits per heavy atom. The molecule has 1 aromatic heterocycles. The van der Waals surface area contributed by atoms with Crippen molar-refractivity contribution in [2.24, 2.45) is 7.05 Å². The standard InChI is InChI=1S/C22H27N3O6/c1-24-13-17(19(23-24)21(27)28)20(26)25(16-7-5-4-6-8-16)12-15-11-14(22(29)31-3)9-10-18(15)30-2/h9-11,13,16H,4-8,12H2,1-3H3,(H,27,28). The van der Waals surface area contributed by atoms with Crippen molar-refractivity contribution in [3.63, 3.8) is 0 Å². The molecule has 3 rings (SSSR count). The van der Waals surface area contributed by atoms with Crippen LogP contribution >= 0.6 is 0 Å². The summed E-state index contributed by atoms with van der Waals surface area (Å²) in [5, 5.41) is 13.4. The Bertz CT molecular complexity index is 978. The van der Waals surface area contributed by atoms with Crippen LogP contribution in [0.4, 0.5) is 0 Å². The van der Waals surface area contributed by atoms with E-state index in [1.807, 2.05) is 0 Å². The molecule has 1 amide bonds. The monoisotopic (exact) mass is 429 g/mol. The first-order valence-electron chi connectivity index (χ1n) is 10.2. The van der Waals surface area contributed by atoms with Gasteiger partial charge in [-0.15, -0.1) is 0 Å². The van der Waals surface area contributed by atoms with E-state index in [1.165, 1.54) is 25.1 Å². The number of amides is 1. The predicted molar refractivity (Wildman–Crippen MR) is 111 cm³/mol. The minimum atomic E-state index is -1.25. The normalized spacial score (nSPS) is 14.2. The van der Waals surface area contributed by atoms with Gasteiger partial charge in [0.25, 0.3) is 5.91 Å². The third-order valence-corrected chi connectivity index (χ3v) is 5.58. The molecule has 0 unspecified atom stereocenters. The van der Waals surface area contributed by atoms with Crippen LogP contribution in [-0.2, 0) is 18.3 Å². The van der Waals surface area contributed by atoms with E-state index in [9.17, 15) is 19.5 Å². The molecule has 0 bridgehead atoms. The molecule has 1 heterocycles. The van der Waals surface area contributed by atoms with Crippen molar-refractivity contribution in [2.75, 3.05) is 14.2 Å². The van der Waals surface area contributed by atoms with Gasteiger partial charge in [-0.05, 0) is 31.0 Å². The lowest BCUT2D eigenvalue weighted by Gasteiger charge is -2.34. The molecule has 0 radical (unpaired) electrons. The summed E-state index contributed by atoms with van der Waals surface area (Å²) in [6.45, 7) is 0.172. The number of aromatic carboxylic acids is 1. The largest absolute Gasteiger partial charge is 0.496 e. The number of carbonyl (C=O) groups is 3. The summed E-state index contributed by atoms with van der Waals surface area (Å²) in [5.74, 6) is -1.61.